The van der Waals surface area contributed by atoms with Gasteiger partial charge in [-0.3, -0.25) is 0 Å². The highest BCUT2D eigenvalue weighted by molar-refractivity contribution is 6.31. The van der Waals surface area contributed by atoms with E-state index >= 15 is 0 Å². The number of hydrogen-bond acceptors (Lipinski definition) is 2. The van der Waals surface area contributed by atoms with Gasteiger partial charge < -0.3 is 9.73 Å². The van der Waals surface area contributed by atoms with E-state index in [1.54, 1.807) is 0 Å². The Kier molecular flexibility index (Phi) is 5.27. The second kappa shape index (κ2) is 6.96. The summed E-state index contributed by atoms with van der Waals surface area (Å²) >= 11 is 6.15. The molecule has 2 rings (SSSR count). The first-order valence-electron chi connectivity index (χ1n) is 7.12. The Bertz CT molecular complexity index is 560. The highest BCUT2D eigenvalue weighted by Gasteiger charge is 2.06. The molecule has 0 aliphatic heterocycles. The molecule has 0 bridgehead atoms. The topological polar surface area (TPSA) is 25.2 Å². The minimum absolute atomic E-state index is 0.726. The van der Waals surface area contributed by atoms with E-state index in [4.69, 9.17) is 16.0 Å². The molecule has 108 valence electrons. The van der Waals surface area contributed by atoms with Crippen LogP contribution in [0.5, 0.6) is 0 Å². The first-order chi connectivity index (χ1) is 9.56. The van der Waals surface area contributed by atoms with Gasteiger partial charge in [-0.15, -0.1) is 0 Å². The molecule has 1 heterocycles. The maximum Gasteiger partial charge on any atom is 0.134 e. The molecule has 0 aliphatic rings. The monoisotopic (exact) mass is 291 g/mol. The van der Waals surface area contributed by atoms with Gasteiger partial charge in [0.05, 0.1) is 6.54 Å². The Morgan fingerprint density at radius 3 is 2.70 bits per heavy atom. The summed E-state index contributed by atoms with van der Waals surface area (Å²) in [7, 11) is 0. The van der Waals surface area contributed by atoms with E-state index in [-0.39, 0.29) is 0 Å². The molecule has 2 nitrogen and oxygen atoms in total. The van der Waals surface area contributed by atoms with Gasteiger partial charge >= 0.3 is 0 Å². The Balaban J connectivity index is 1.96. The van der Waals surface area contributed by atoms with E-state index in [0.29, 0.717) is 0 Å². The summed E-state index contributed by atoms with van der Waals surface area (Å²) < 4.78 is 5.85. The van der Waals surface area contributed by atoms with E-state index in [2.05, 4.69) is 19.2 Å². The minimum Gasteiger partial charge on any atom is -0.460 e. The lowest BCUT2D eigenvalue weighted by Crippen LogP contribution is -2.15. The van der Waals surface area contributed by atoms with Gasteiger partial charge in [0.2, 0.25) is 0 Å². The zero-order chi connectivity index (χ0) is 14.5. The third-order valence-corrected chi connectivity index (χ3v) is 3.72. The largest absolute Gasteiger partial charge is 0.460 e. The van der Waals surface area contributed by atoms with Crippen LogP contribution in [0.3, 0.4) is 0 Å². The maximum atomic E-state index is 6.15. The van der Waals surface area contributed by atoms with E-state index in [1.807, 2.05) is 37.3 Å². The molecule has 1 N–H and O–H groups in total. The van der Waals surface area contributed by atoms with E-state index in [1.165, 1.54) is 6.42 Å². The molecule has 20 heavy (non-hydrogen) atoms. The fraction of sp³-hybridized carbons (Fsp3) is 0.412. The van der Waals surface area contributed by atoms with Crippen molar-refractivity contribution in [3.8, 4) is 11.3 Å². The average Bonchev–Trinajstić information content (AvgIpc) is 2.86. The Morgan fingerprint density at radius 1 is 1.20 bits per heavy atom. The Morgan fingerprint density at radius 2 is 2.00 bits per heavy atom. The fourth-order valence-corrected chi connectivity index (χ4v) is 2.16. The molecule has 1 aromatic heterocycles. The van der Waals surface area contributed by atoms with Crippen molar-refractivity contribution < 1.29 is 4.42 Å². The Hall–Kier alpha value is -1.25. The smallest absolute Gasteiger partial charge is 0.134 e. The SMILES string of the molecule is Cc1ccc(-c2ccc(CNCCC(C)C)o2)cc1Cl. The number of aryl methyl sites for hydroxylation is 1. The predicted octanol–water partition coefficient (Wildman–Crippen LogP) is 5.04. The maximum absolute atomic E-state index is 6.15. The van der Waals surface area contributed by atoms with Gasteiger partial charge in [-0.25, -0.2) is 0 Å². The van der Waals surface area contributed by atoms with Crippen molar-refractivity contribution in [2.75, 3.05) is 6.54 Å². The fourth-order valence-electron chi connectivity index (χ4n) is 1.98. The summed E-state index contributed by atoms with van der Waals surface area (Å²) in [4.78, 5) is 0. The normalized spacial score (nSPS) is 11.2. The van der Waals surface area contributed by atoms with Crippen LogP contribution in [0.4, 0.5) is 0 Å². The van der Waals surface area contributed by atoms with Gasteiger partial charge in [0.15, 0.2) is 0 Å². The number of halogens is 1. The summed E-state index contributed by atoms with van der Waals surface area (Å²) in [6.07, 6.45) is 1.18. The van der Waals surface area contributed by atoms with Crippen molar-refractivity contribution in [3.05, 3.63) is 46.7 Å². The summed E-state index contributed by atoms with van der Waals surface area (Å²) in [5.74, 6) is 2.55. The van der Waals surface area contributed by atoms with Crippen molar-refractivity contribution in [2.45, 2.75) is 33.7 Å². The van der Waals surface area contributed by atoms with Crippen LogP contribution in [0.15, 0.2) is 34.7 Å². The minimum atomic E-state index is 0.726. The molecular formula is C17H22ClNO. The van der Waals surface area contributed by atoms with Crippen molar-refractivity contribution in [2.24, 2.45) is 5.92 Å². The van der Waals surface area contributed by atoms with Crippen LogP contribution in [-0.2, 0) is 6.54 Å². The number of furan rings is 1. The van der Waals surface area contributed by atoms with Crippen LogP contribution >= 0.6 is 11.6 Å². The molecule has 3 heteroatoms. The molecule has 0 aliphatic carbocycles. The van der Waals surface area contributed by atoms with Crippen LogP contribution in [0.2, 0.25) is 5.02 Å². The highest BCUT2D eigenvalue weighted by Crippen LogP contribution is 2.26. The molecule has 1 aromatic carbocycles. The van der Waals surface area contributed by atoms with Gasteiger partial charge in [0, 0.05) is 10.6 Å². The van der Waals surface area contributed by atoms with Gasteiger partial charge in [-0.2, -0.15) is 0 Å². The predicted molar refractivity (Wildman–Crippen MR) is 85.1 cm³/mol. The molecule has 0 radical (unpaired) electrons. The third-order valence-electron chi connectivity index (χ3n) is 3.32. The van der Waals surface area contributed by atoms with E-state index in [0.717, 1.165) is 46.7 Å². The van der Waals surface area contributed by atoms with Crippen molar-refractivity contribution in [1.29, 1.82) is 0 Å². The molecule has 0 amide bonds. The first kappa shape index (κ1) is 15.1. The molecule has 0 fully saturated rings. The summed E-state index contributed by atoms with van der Waals surface area (Å²) in [6.45, 7) is 8.25. The zero-order valence-corrected chi connectivity index (χ0v) is 13.1. The standard InChI is InChI=1S/C17H22ClNO/c1-12(2)8-9-19-11-15-6-7-17(20-15)14-5-4-13(3)16(18)10-14/h4-7,10,12,19H,8-9,11H2,1-3H3. The Labute approximate surface area is 126 Å². The number of hydrogen-bond donors (Lipinski definition) is 1. The number of rotatable bonds is 6. The molecule has 0 spiro atoms. The van der Waals surface area contributed by atoms with Crippen LogP contribution in [0.25, 0.3) is 11.3 Å². The number of nitrogens with one attached hydrogen (secondary N) is 1. The molecular weight excluding hydrogens is 270 g/mol. The van der Waals surface area contributed by atoms with Crippen molar-refractivity contribution in [1.82, 2.24) is 5.32 Å². The van der Waals surface area contributed by atoms with Gasteiger partial charge in [0.25, 0.3) is 0 Å². The average molecular weight is 292 g/mol. The zero-order valence-electron chi connectivity index (χ0n) is 12.4. The summed E-state index contributed by atoms with van der Waals surface area (Å²) in [5.41, 5.74) is 2.10. The van der Waals surface area contributed by atoms with Crippen molar-refractivity contribution in [3.63, 3.8) is 0 Å². The van der Waals surface area contributed by atoms with E-state index in [9.17, 15) is 0 Å². The lowest BCUT2D eigenvalue weighted by Gasteiger charge is -2.05. The lowest BCUT2D eigenvalue weighted by molar-refractivity contribution is 0.474. The second-order valence-corrected chi connectivity index (χ2v) is 6.00. The first-order valence-corrected chi connectivity index (χ1v) is 7.50. The van der Waals surface area contributed by atoms with E-state index < -0.39 is 0 Å². The molecule has 0 saturated carbocycles. The van der Waals surface area contributed by atoms with Crippen LogP contribution in [-0.4, -0.2) is 6.54 Å². The quantitative estimate of drug-likeness (QED) is 0.754. The van der Waals surface area contributed by atoms with Gasteiger partial charge in [0.1, 0.15) is 11.5 Å². The summed E-state index contributed by atoms with van der Waals surface area (Å²) in [5, 5.41) is 4.17. The van der Waals surface area contributed by atoms with Crippen LogP contribution < -0.4 is 5.32 Å². The van der Waals surface area contributed by atoms with Crippen molar-refractivity contribution >= 4 is 11.6 Å². The lowest BCUT2D eigenvalue weighted by atomic mass is 10.1. The molecule has 0 saturated heterocycles. The molecule has 0 atom stereocenters. The van der Waals surface area contributed by atoms with Crippen LogP contribution in [0, 0.1) is 12.8 Å². The third kappa shape index (κ3) is 4.12. The van der Waals surface area contributed by atoms with Crippen LogP contribution in [0.1, 0.15) is 31.6 Å². The summed E-state index contributed by atoms with van der Waals surface area (Å²) in [6, 6.07) is 10.0. The van der Waals surface area contributed by atoms with Gasteiger partial charge in [-0.1, -0.05) is 37.6 Å². The van der Waals surface area contributed by atoms with Gasteiger partial charge in [-0.05, 0) is 49.6 Å². The second-order valence-electron chi connectivity index (χ2n) is 5.59. The number of benzene rings is 1. The highest BCUT2D eigenvalue weighted by atomic mass is 35.5. The molecule has 0 unspecified atom stereocenters. The molecule has 2 aromatic rings.